The van der Waals surface area contributed by atoms with Crippen LogP contribution in [0.25, 0.3) is 0 Å². The number of morpholine rings is 1. The number of rotatable bonds is 6. The first-order chi connectivity index (χ1) is 16.9. The number of para-hydroxylation sites is 1. The smallest absolute Gasteiger partial charge is 0.292 e. The van der Waals surface area contributed by atoms with E-state index in [1.54, 1.807) is 31.2 Å². The first-order valence-electron chi connectivity index (χ1n) is 11.8. The molecule has 2 aromatic rings. The molecule has 0 aliphatic carbocycles. The molecule has 8 nitrogen and oxygen atoms in total. The number of ether oxygens (including phenoxy) is 1. The van der Waals surface area contributed by atoms with Crippen LogP contribution in [0.15, 0.2) is 48.5 Å². The number of hydrogen-bond acceptors (Lipinski definition) is 6. The number of likely N-dealkylation sites (N-methyl/N-ethyl adjacent to an activating group) is 1. The lowest BCUT2D eigenvalue weighted by atomic mass is 9.75. The molecule has 0 radical (unpaired) electrons. The van der Waals surface area contributed by atoms with Crippen molar-refractivity contribution in [1.82, 2.24) is 9.80 Å². The van der Waals surface area contributed by atoms with Gasteiger partial charge in [0.15, 0.2) is 11.3 Å². The molecule has 0 bridgehead atoms. The summed E-state index contributed by atoms with van der Waals surface area (Å²) in [5, 5.41) is 0. The van der Waals surface area contributed by atoms with Crippen LogP contribution < -0.4 is 4.90 Å². The summed E-state index contributed by atoms with van der Waals surface area (Å²) in [4.78, 5) is 59.7. The van der Waals surface area contributed by atoms with Gasteiger partial charge in [-0.2, -0.15) is 0 Å². The van der Waals surface area contributed by atoms with Gasteiger partial charge in [-0.25, -0.2) is 4.39 Å². The average molecular weight is 480 g/mol. The number of carbonyl (C=O) groups excluding carboxylic acids is 4. The molecule has 3 aliphatic heterocycles. The predicted molar refractivity (Wildman–Crippen MR) is 124 cm³/mol. The minimum atomic E-state index is -1.78. The van der Waals surface area contributed by atoms with Crippen LogP contribution in [0.3, 0.4) is 0 Å². The maximum absolute atomic E-state index is 14.1. The van der Waals surface area contributed by atoms with E-state index in [-0.39, 0.29) is 12.1 Å². The fraction of sp³-hybridized carbons (Fsp3) is 0.385. The van der Waals surface area contributed by atoms with Gasteiger partial charge < -0.3 is 14.5 Å². The summed E-state index contributed by atoms with van der Waals surface area (Å²) in [5.74, 6) is -4.99. The lowest BCUT2D eigenvalue weighted by molar-refractivity contribution is -0.144. The lowest BCUT2D eigenvalue weighted by Gasteiger charge is -2.38. The number of amides is 2. The van der Waals surface area contributed by atoms with E-state index in [0.29, 0.717) is 50.6 Å². The number of Topliss-reactive ketones (excluding diaryl/α,β-unsaturated/α-hetero) is 2. The Balaban J connectivity index is 1.64. The third kappa shape index (κ3) is 3.49. The van der Waals surface area contributed by atoms with E-state index in [4.69, 9.17) is 4.74 Å². The molecular weight excluding hydrogens is 453 g/mol. The van der Waals surface area contributed by atoms with Crippen LogP contribution in [0.2, 0.25) is 0 Å². The number of benzene rings is 2. The Morgan fingerprint density at radius 1 is 1.03 bits per heavy atom. The quantitative estimate of drug-likeness (QED) is 0.356. The molecule has 9 heteroatoms. The summed E-state index contributed by atoms with van der Waals surface area (Å²) >= 11 is 0. The van der Waals surface area contributed by atoms with E-state index in [2.05, 4.69) is 4.90 Å². The van der Waals surface area contributed by atoms with Crippen molar-refractivity contribution in [3.8, 4) is 0 Å². The Morgan fingerprint density at radius 2 is 1.71 bits per heavy atom. The Bertz CT molecular complexity index is 1190. The van der Waals surface area contributed by atoms with E-state index < -0.39 is 40.7 Å². The van der Waals surface area contributed by atoms with Gasteiger partial charge in [0.2, 0.25) is 5.78 Å². The van der Waals surface area contributed by atoms with Crippen LogP contribution in [0, 0.1) is 11.7 Å². The second kappa shape index (κ2) is 8.98. The third-order valence-corrected chi connectivity index (χ3v) is 7.19. The molecule has 2 fully saturated rings. The van der Waals surface area contributed by atoms with Gasteiger partial charge in [0.1, 0.15) is 11.7 Å². The number of ketones is 2. The molecule has 35 heavy (non-hydrogen) atoms. The highest BCUT2D eigenvalue weighted by Crippen LogP contribution is 2.53. The molecule has 1 spiro atoms. The summed E-state index contributed by atoms with van der Waals surface area (Å²) in [6.07, 6.45) is 0. The van der Waals surface area contributed by atoms with Crippen LogP contribution in [-0.4, -0.2) is 79.1 Å². The van der Waals surface area contributed by atoms with Crippen molar-refractivity contribution in [3.05, 3.63) is 65.5 Å². The highest BCUT2D eigenvalue weighted by molar-refractivity contribution is 6.46. The van der Waals surface area contributed by atoms with E-state index in [1.807, 2.05) is 0 Å². The largest absolute Gasteiger partial charge is 0.379 e. The zero-order valence-electron chi connectivity index (χ0n) is 19.4. The molecule has 0 N–H and O–H groups in total. The molecule has 2 atom stereocenters. The second-order valence-corrected chi connectivity index (χ2v) is 8.91. The van der Waals surface area contributed by atoms with Crippen molar-refractivity contribution in [2.24, 2.45) is 5.92 Å². The monoisotopic (exact) mass is 479 g/mol. The number of fused-ring (bicyclic) bond motifs is 2. The molecule has 5 rings (SSSR count). The molecule has 1 unspecified atom stereocenters. The minimum absolute atomic E-state index is 0.0761. The molecule has 3 aliphatic rings. The second-order valence-electron chi connectivity index (χ2n) is 8.91. The minimum Gasteiger partial charge on any atom is -0.379 e. The molecule has 0 aromatic heterocycles. The van der Waals surface area contributed by atoms with Crippen molar-refractivity contribution in [2.45, 2.75) is 12.5 Å². The Kier molecular flexibility index (Phi) is 5.98. The van der Waals surface area contributed by atoms with Gasteiger partial charge in [0, 0.05) is 49.5 Å². The SMILES string of the molecule is CCN1C(=O)[C@]2(c3ccccc31)C(C(=O)c1ccc(F)cc1)C(=O)C(=O)N2CCN1CCOCC1. The van der Waals surface area contributed by atoms with E-state index >= 15 is 0 Å². The average Bonchev–Trinajstić information content (AvgIpc) is 3.26. The molecular formula is C26H26FN3O5. The van der Waals surface area contributed by atoms with Gasteiger partial charge in [0.25, 0.3) is 11.8 Å². The van der Waals surface area contributed by atoms with Crippen LogP contribution in [0.4, 0.5) is 10.1 Å². The van der Waals surface area contributed by atoms with Crippen LogP contribution in [0.5, 0.6) is 0 Å². The maximum atomic E-state index is 14.1. The standard InChI is InChI=1S/C26H26FN3O5/c1-2-29-20-6-4-3-5-19(20)26(25(29)34)21(22(31)17-7-9-18(27)10-8-17)23(32)24(33)30(26)12-11-28-13-15-35-16-14-28/h3-10,21H,2,11-16H2,1H3/t21?,26-/m0/s1. The van der Waals surface area contributed by atoms with Gasteiger partial charge in [-0.15, -0.1) is 0 Å². The number of halogens is 1. The number of nitrogens with zero attached hydrogens (tertiary/aromatic N) is 3. The van der Waals surface area contributed by atoms with Crippen molar-refractivity contribution in [1.29, 1.82) is 0 Å². The molecule has 2 aromatic carbocycles. The topological polar surface area (TPSA) is 87.2 Å². The normalized spacial score (nSPS) is 24.5. The summed E-state index contributed by atoms with van der Waals surface area (Å²) in [5.41, 5.74) is -0.658. The van der Waals surface area contributed by atoms with E-state index in [9.17, 15) is 23.6 Å². The summed E-state index contributed by atoms with van der Waals surface area (Å²) in [6, 6.07) is 11.8. The lowest BCUT2D eigenvalue weighted by Crippen LogP contribution is -2.57. The first-order valence-corrected chi connectivity index (χ1v) is 11.8. The van der Waals surface area contributed by atoms with Gasteiger partial charge in [0.05, 0.1) is 13.2 Å². The zero-order valence-corrected chi connectivity index (χ0v) is 19.4. The molecule has 2 saturated heterocycles. The van der Waals surface area contributed by atoms with Crippen LogP contribution in [-0.2, 0) is 24.7 Å². The Labute approximate surface area is 202 Å². The van der Waals surface area contributed by atoms with Crippen molar-refractivity contribution in [3.63, 3.8) is 0 Å². The summed E-state index contributed by atoms with van der Waals surface area (Å²) in [7, 11) is 0. The molecule has 3 heterocycles. The first kappa shape index (κ1) is 23.3. The molecule has 182 valence electrons. The van der Waals surface area contributed by atoms with Gasteiger partial charge in [-0.3, -0.25) is 24.1 Å². The van der Waals surface area contributed by atoms with Gasteiger partial charge in [-0.1, -0.05) is 18.2 Å². The predicted octanol–water partition coefficient (Wildman–Crippen LogP) is 1.63. The molecule has 0 saturated carbocycles. The number of likely N-dealkylation sites (tertiary alicyclic amines) is 1. The summed E-state index contributed by atoms with van der Waals surface area (Å²) < 4.78 is 18.9. The fourth-order valence-corrected chi connectivity index (χ4v) is 5.51. The van der Waals surface area contributed by atoms with E-state index in [0.717, 1.165) is 12.1 Å². The summed E-state index contributed by atoms with van der Waals surface area (Å²) in [6.45, 7) is 5.14. The van der Waals surface area contributed by atoms with Crippen LogP contribution in [0.1, 0.15) is 22.8 Å². The Hall–Kier alpha value is -3.43. The van der Waals surface area contributed by atoms with Crippen molar-refractivity contribution in [2.75, 3.05) is 50.8 Å². The van der Waals surface area contributed by atoms with Crippen LogP contribution >= 0.6 is 0 Å². The third-order valence-electron chi connectivity index (χ3n) is 7.19. The number of anilines is 1. The van der Waals surface area contributed by atoms with Crippen molar-refractivity contribution < 1.29 is 28.3 Å². The number of carbonyl (C=O) groups is 4. The van der Waals surface area contributed by atoms with Crippen molar-refractivity contribution >= 4 is 29.1 Å². The van der Waals surface area contributed by atoms with E-state index in [1.165, 1.54) is 21.9 Å². The van der Waals surface area contributed by atoms with Gasteiger partial charge >= 0.3 is 0 Å². The fourth-order valence-electron chi connectivity index (χ4n) is 5.51. The highest BCUT2D eigenvalue weighted by Gasteiger charge is 2.70. The molecule has 2 amide bonds. The maximum Gasteiger partial charge on any atom is 0.292 e. The Morgan fingerprint density at radius 3 is 2.40 bits per heavy atom. The number of hydrogen-bond donors (Lipinski definition) is 0. The zero-order chi connectivity index (χ0) is 24.7. The highest BCUT2D eigenvalue weighted by atomic mass is 19.1. The van der Waals surface area contributed by atoms with Gasteiger partial charge in [-0.05, 0) is 37.3 Å².